The van der Waals surface area contributed by atoms with Crippen molar-refractivity contribution < 1.29 is 29.3 Å². The van der Waals surface area contributed by atoms with Crippen LogP contribution in [0.1, 0.15) is 7.43 Å². The number of nitrogens with zero attached hydrogens (tertiary/aromatic N) is 2. The maximum atomic E-state index is 12.4. The summed E-state index contributed by atoms with van der Waals surface area (Å²) in [4.78, 5) is 32.5. The number of hydrogen-bond acceptors (Lipinski definition) is 8. The summed E-state index contributed by atoms with van der Waals surface area (Å²) < 4.78 is 11.0. The molecule has 0 bridgehead atoms. The summed E-state index contributed by atoms with van der Waals surface area (Å²) in [5.74, 6) is 0. The molecule has 614 valence electrons. The molecule has 16 aromatic carbocycles. The van der Waals surface area contributed by atoms with Crippen LogP contribution in [0, 0.1) is 0 Å². The van der Waals surface area contributed by atoms with Crippen LogP contribution in [0.25, 0.3) is 65.7 Å². The number of aromatic nitrogens is 2. The second-order valence-corrected chi connectivity index (χ2v) is 37.2. The molecular formula is C112H92N4O4P4Pd. The van der Waals surface area contributed by atoms with Gasteiger partial charge in [0.2, 0.25) is 0 Å². The Kier molecular flexibility index (Phi) is 32.9. The van der Waals surface area contributed by atoms with Gasteiger partial charge in [-0.1, -0.05) is 390 Å². The van der Waals surface area contributed by atoms with Crippen LogP contribution < -0.4 is 86.0 Å². The maximum Gasteiger partial charge on any atom is 0.344 e. The molecule has 0 spiro atoms. The van der Waals surface area contributed by atoms with Crippen LogP contribution in [0.15, 0.2) is 517 Å². The molecule has 3 N–H and O–H groups in total. The summed E-state index contributed by atoms with van der Waals surface area (Å²) in [5, 5.41) is 25.9. The van der Waals surface area contributed by atoms with Crippen molar-refractivity contribution in [1.82, 2.24) is 9.97 Å². The van der Waals surface area contributed by atoms with Crippen LogP contribution >= 0.6 is 31.7 Å². The van der Waals surface area contributed by atoms with E-state index in [0.29, 0.717) is 34.5 Å². The Hall–Kier alpha value is -13.5. The average Bonchev–Trinajstić information content (AvgIpc) is 0.767. The van der Waals surface area contributed by atoms with E-state index in [-0.39, 0.29) is 39.1 Å². The van der Waals surface area contributed by atoms with E-state index in [0.717, 1.165) is 49.1 Å². The quantitative estimate of drug-likeness (QED) is 0.0231. The third kappa shape index (κ3) is 24.1. The summed E-state index contributed by atoms with van der Waals surface area (Å²) in [5.41, 5.74) is 10.6. The van der Waals surface area contributed by atoms with Crippen molar-refractivity contribution in [2.75, 3.05) is 17.6 Å². The molecule has 125 heavy (non-hydrogen) atoms. The first-order chi connectivity index (χ1) is 60.7. The van der Waals surface area contributed by atoms with E-state index in [1.807, 2.05) is 72.8 Å². The van der Waals surface area contributed by atoms with Crippen molar-refractivity contribution in [2.45, 2.75) is 7.43 Å². The monoisotopic (exact) mass is 1790 g/mol. The number of nitrogens with two attached hydrogens (primary N) is 1. The smallest absolute Gasteiger partial charge is 0.344 e. The van der Waals surface area contributed by atoms with Crippen LogP contribution in [0.5, 0.6) is 0 Å². The summed E-state index contributed by atoms with van der Waals surface area (Å²) >= 11 is 0. The molecule has 0 amide bonds. The van der Waals surface area contributed by atoms with Gasteiger partial charge in [-0.05, 0) is 213 Å². The molecular weight excluding hydrogens is 1700 g/mol. The zero-order valence-electron chi connectivity index (χ0n) is 67.9. The predicted octanol–water partition coefficient (Wildman–Crippen LogP) is 22.6. The minimum atomic E-state index is -0.446. The van der Waals surface area contributed by atoms with E-state index in [9.17, 15) is 9.59 Å². The molecule has 13 heteroatoms. The summed E-state index contributed by atoms with van der Waals surface area (Å²) in [6, 6.07) is 160. The number of rotatable bonds is 17. The fourth-order valence-corrected chi connectivity index (χ4v) is 23.4. The van der Waals surface area contributed by atoms with Crippen molar-refractivity contribution in [1.29, 1.82) is 0 Å². The van der Waals surface area contributed by atoms with Gasteiger partial charge in [0.15, 0.2) is 0 Å². The SMILES string of the molecule is C.C=CCNc1ccc2cc3cc(-c4ccncc4)c(=O)oc3cc2c1.Nc1ccc2cc3cc(-c4ccncc4)c(=O)oc3cc2c1.[Pd].c1ccc(P(c2ccccc2)c2ccccc2)cc1.c1ccc(P(c2ccccc2)c2ccccc2)cc1.c1ccc(P(c2ccccc2)c2ccccc2)cc1.c1ccc(P(c2ccccc2)c2ccccc2)cc1. The van der Waals surface area contributed by atoms with Crippen molar-refractivity contribution in [3.8, 4) is 22.3 Å². The number of nitrogens with one attached hydrogen (secondary N) is 1. The van der Waals surface area contributed by atoms with Crippen molar-refractivity contribution >= 4 is 150 Å². The molecule has 20 aromatic rings. The molecule has 4 heterocycles. The molecule has 0 saturated heterocycles. The van der Waals surface area contributed by atoms with Crippen molar-refractivity contribution in [2.24, 2.45) is 0 Å². The molecule has 0 saturated carbocycles. The molecule has 0 aliphatic heterocycles. The fraction of sp³-hybridized carbons (Fsp3) is 0.0179. The van der Waals surface area contributed by atoms with Gasteiger partial charge in [0.1, 0.15) is 11.2 Å². The molecule has 0 atom stereocenters. The van der Waals surface area contributed by atoms with Crippen LogP contribution in [0.3, 0.4) is 0 Å². The first kappa shape index (κ1) is 89.2. The van der Waals surface area contributed by atoms with E-state index in [2.05, 4.69) is 392 Å². The van der Waals surface area contributed by atoms with Gasteiger partial charge in [0, 0.05) is 73.9 Å². The molecule has 4 aromatic heterocycles. The molecule has 0 radical (unpaired) electrons. The molecule has 0 aliphatic carbocycles. The molecule has 0 fully saturated rings. The molecule has 8 nitrogen and oxygen atoms in total. The fourth-order valence-electron chi connectivity index (χ4n) is 14.2. The van der Waals surface area contributed by atoms with E-state index in [1.165, 1.54) is 63.7 Å². The normalized spacial score (nSPS) is 10.6. The number of benzene rings is 16. The Morgan fingerprint density at radius 1 is 0.272 bits per heavy atom. The van der Waals surface area contributed by atoms with Gasteiger partial charge in [0.05, 0.1) is 11.1 Å². The van der Waals surface area contributed by atoms with E-state index in [4.69, 9.17) is 14.6 Å². The third-order valence-corrected chi connectivity index (χ3v) is 29.8. The Morgan fingerprint density at radius 2 is 0.504 bits per heavy atom. The first-order valence-electron chi connectivity index (χ1n) is 40.5. The van der Waals surface area contributed by atoms with Crippen molar-refractivity contribution in [3.05, 3.63) is 519 Å². The number of hydrogen-bond donors (Lipinski definition) is 2. The van der Waals surface area contributed by atoms with Crippen LogP contribution in [-0.4, -0.2) is 16.5 Å². The average molecular weight is 1790 g/mol. The summed E-state index contributed by atoms with van der Waals surface area (Å²) in [7, 11) is -1.78. The predicted molar refractivity (Wildman–Crippen MR) is 537 cm³/mol. The topological polar surface area (TPSA) is 124 Å². The van der Waals surface area contributed by atoms with Gasteiger partial charge in [-0.3, -0.25) is 9.97 Å². The van der Waals surface area contributed by atoms with Crippen LogP contribution in [0.4, 0.5) is 11.4 Å². The van der Waals surface area contributed by atoms with E-state index < -0.39 is 31.7 Å². The largest absolute Gasteiger partial charge is 0.422 e. The zero-order valence-corrected chi connectivity index (χ0v) is 73.0. The number of pyridine rings is 2. The van der Waals surface area contributed by atoms with Gasteiger partial charge >= 0.3 is 11.3 Å². The third-order valence-electron chi connectivity index (χ3n) is 20.0. The minimum Gasteiger partial charge on any atom is -0.422 e. The summed E-state index contributed by atoms with van der Waals surface area (Å²) in [6.07, 6.45) is 8.45. The van der Waals surface area contributed by atoms with Gasteiger partial charge in [-0.25, -0.2) is 9.59 Å². The number of anilines is 2. The second kappa shape index (κ2) is 46.1. The van der Waals surface area contributed by atoms with Crippen LogP contribution in [0.2, 0.25) is 0 Å². The van der Waals surface area contributed by atoms with Gasteiger partial charge in [0.25, 0.3) is 0 Å². The Morgan fingerprint density at radius 3 is 0.744 bits per heavy atom. The van der Waals surface area contributed by atoms with Gasteiger partial charge < -0.3 is 19.9 Å². The Labute approximate surface area is 750 Å². The van der Waals surface area contributed by atoms with Crippen LogP contribution in [-0.2, 0) is 20.4 Å². The van der Waals surface area contributed by atoms with E-state index >= 15 is 0 Å². The summed E-state index contributed by atoms with van der Waals surface area (Å²) in [6.45, 7) is 4.40. The second-order valence-electron chi connectivity index (χ2n) is 28.4. The Bertz CT molecular complexity index is 5960. The molecule has 20 rings (SSSR count). The van der Waals surface area contributed by atoms with Crippen molar-refractivity contribution in [3.63, 3.8) is 0 Å². The van der Waals surface area contributed by atoms with Gasteiger partial charge in [-0.2, -0.15) is 0 Å². The minimum absolute atomic E-state index is 0. The first-order valence-corrected chi connectivity index (χ1v) is 45.9. The standard InChI is InChI=1S/C21H16N2O2.C18H12N2O2.4C18H15P.CH4.Pd/c1-2-7-23-18-4-3-15-10-17-12-19(14-5-8-22-9-6-14)21(24)25-20(17)13-16(15)11-18;19-15-2-1-12-7-14-9-16(11-3-5-20-6-4-11)18(21)22-17(14)10-13(12)8-15;4*1-4-10-16(11-5-1)19(17-12-6-2-7-13-17)18-14-8-3-9-15-18;;/h2-6,8-13,23H,1,7H2;1-10H,19H2;4*1-15H;1H4;. The number of fused-ring (bicyclic) bond motifs is 4. The Balaban J connectivity index is 0.000000129. The maximum absolute atomic E-state index is 12.4. The zero-order chi connectivity index (χ0) is 84.0. The number of nitrogen functional groups attached to an aromatic ring is 1. The van der Waals surface area contributed by atoms with E-state index in [1.54, 1.807) is 49.1 Å². The molecule has 0 unspecified atom stereocenters. The molecule has 0 aliphatic rings. The van der Waals surface area contributed by atoms with Gasteiger partial charge in [-0.15, -0.1) is 6.58 Å².